The van der Waals surface area contributed by atoms with E-state index < -0.39 is 15.7 Å². The number of hydrogen-bond donors (Lipinski definition) is 1. The zero-order chi connectivity index (χ0) is 15.0. The molecular weight excluding hydrogens is 281 g/mol. The Morgan fingerprint density at radius 1 is 1.40 bits per heavy atom. The Kier molecular flexibility index (Phi) is 6.49. The van der Waals surface area contributed by atoms with Gasteiger partial charge in [0.15, 0.2) is 0 Å². The molecule has 0 aliphatic rings. The average molecular weight is 299 g/mol. The van der Waals surface area contributed by atoms with Gasteiger partial charge >= 0.3 is 0 Å². The average Bonchev–Trinajstić information content (AvgIpc) is 2.42. The van der Waals surface area contributed by atoms with E-state index in [0.29, 0.717) is 17.7 Å². The quantitative estimate of drug-likeness (QED) is 0.636. The van der Waals surface area contributed by atoms with E-state index in [9.17, 15) is 12.8 Å². The van der Waals surface area contributed by atoms with E-state index in [-0.39, 0.29) is 24.7 Å². The normalized spacial score (nSPS) is 10.8. The first kappa shape index (κ1) is 16.5. The zero-order valence-corrected chi connectivity index (χ0v) is 12.2. The van der Waals surface area contributed by atoms with Gasteiger partial charge in [-0.15, -0.1) is 0 Å². The molecule has 0 saturated carbocycles. The number of rotatable bonds is 6. The SMILES string of the molecule is CCS(=O)(=O)CCCOc1cc(F)ccc1C#CCN. The Morgan fingerprint density at radius 3 is 2.80 bits per heavy atom. The fraction of sp³-hybridized carbons (Fsp3) is 0.429. The Morgan fingerprint density at radius 2 is 2.15 bits per heavy atom. The molecule has 4 nitrogen and oxygen atoms in total. The van der Waals surface area contributed by atoms with E-state index in [1.165, 1.54) is 18.2 Å². The highest BCUT2D eigenvalue weighted by Crippen LogP contribution is 2.19. The molecule has 1 aromatic carbocycles. The minimum Gasteiger partial charge on any atom is -0.492 e. The van der Waals surface area contributed by atoms with E-state index in [2.05, 4.69) is 11.8 Å². The van der Waals surface area contributed by atoms with E-state index in [1.54, 1.807) is 6.92 Å². The molecule has 0 aliphatic carbocycles. The van der Waals surface area contributed by atoms with Crippen molar-refractivity contribution in [3.8, 4) is 17.6 Å². The Hall–Kier alpha value is -1.58. The molecular formula is C14H18FNO3S. The number of sulfone groups is 1. The van der Waals surface area contributed by atoms with Gasteiger partial charge in [0.05, 0.1) is 24.5 Å². The lowest BCUT2D eigenvalue weighted by Crippen LogP contribution is -2.12. The Labute approximate surface area is 119 Å². The number of nitrogens with two attached hydrogens (primary N) is 1. The maximum atomic E-state index is 13.2. The largest absolute Gasteiger partial charge is 0.492 e. The second-order valence-electron chi connectivity index (χ2n) is 4.08. The smallest absolute Gasteiger partial charge is 0.150 e. The first-order chi connectivity index (χ1) is 9.48. The van der Waals surface area contributed by atoms with Crippen LogP contribution in [0.4, 0.5) is 4.39 Å². The van der Waals surface area contributed by atoms with Crippen LogP contribution in [0.3, 0.4) is 0 Å². The summed E-state index contributed by atoms with van der Waals surface area (Å²) in [5.74, 6) is 5.50. The molecule has 0 fully saturated rings. The monoisotopic (exact) mass is 299 g/mol. The van der Waals surface area contributed by atoms with Crippen LogP contribution in [0.1, 0.15) is 18.9 Å². The lowest BCUT2D eigenvalue weighted by Gasteiger charge is -2.08. The fourth-order valence-corrected chi connectivity index (χ4v) is 2.32. The third-order valence-electron chi connectivity index (χ3n) is 2.57. The summed E-state index contributed by atoms with van der Waals surface area (Å²) in [4.78, 5) is 0. The van der Waals surface area contributed by atoms with Crippen molar-refractivity contribution in [1.82, 2.24) is 0 Å². The summed E-state index contributed by atoms with van der Waals surface area (Å²) in [6.45, 7) is 1.99. The highest BCUT2D eigenvalue weighted by Gasteiger charge is 2.08. The first-order valence-electron chi connectivity index (χ1n) is 6.30. The van der Waals surface area contributed by atoms with Crippen LogP contribution in [0.2, 0.25) is 0 Å². The van der Waals surface area contributed by atoms with Crippen LogP contribution in [0.15, 0.2) is 18.2 Å². The molecule has 6 heteroatoms. The summed E-state index contributed by atoms with van der Waals surface area (Å²) in [6, 6.07) is 4.03. The Bertz CT molecular complexity index is 603. The van der Waals surface area contributed by atoms with Gasteiger partial charge in [-0.1, -0.05) is 18.8 Å². The summed E-state index contributed by atoms with van der Waals surface area (Å²) in [7, 11) is -3.00. The number of hydrogen-bond acceptors (Lipinski definition) is 4. The van der Waals surface area contributed by atoms with Crippen LogP contribution in [0.25, 0.3) is 0 Å². The van der Waals surface area contributed by atoms with Gasteiger partial charge in [0.25, 0.3) is 0 Å². The van der Waals surface area contributed by atoms with Crippen molar-refractivity contribution in [3.63, 3.8) is 0 Å². The molecule has 0 unspecified atom stereocenters. The van der Waals surface area contributed by atoms with Gasteiger partial charge in [0.2, 0.25) is 0 Å². The number of benzene rings is 1. The van der Waals surface area contributed by atoms with Crippen LogP contribution < -0.4 is 10.5 Å². The summed E-state index contributed by atoms with van der Waals surface area (Å²) in [6.07, 6.45) is 0.358. The molecule has 0 heterocycles. The van der Waals surface area contributed by atoms with Crippen molar-refractivity contribution in [1.29, 1.82) is 0 Å². The highest BCUT2D eigenvalue weighted by atomic mass is 32.2. The lowest BCUT2D eigenvalue weighted by atomic mass is 10.2. The molecule has 0 aromatic heterocycles. The maximum Gasteiger partial charge on any atom is 0.150 e. The summed E-state index contributed by atoms with van der Waals surface area (Å²) in [5.41, 5.74) is 5.82. The molecule has 0 spiro atoms. The van der Waals surface area contributed by atoms with Gasteiger partial charge in [-0.2, -0.15) is 0 Å². The second-order valence-corrected chi connectivity index (χ2v) is 6.56. The molecule has 0 atom stereocenters. The second kappa shape index (κ2) is 7.88. The molecule has 20 heavy (non-hydrogen) atoms. The van der Waals surface area contributed by atoms with Crippen LogP contribution in [-0.2, 0) is 9.84 Å². The molecule has 0 saturated heterocycles. The van der Waals surface area contributed by atoms with Gasteiger partial charge < -0.3 is 10.5 Å². The van der Waals surface area contributed by atoms with Crippen molar-refractivity contribution in [2.75, 3.05) is 24.7 Å². The Balaban J connectivity index is 2.65. The van der Waals surface area contributed by atoms with Gasteiger partial charge in [-0.3, -0.25) is 0 Å². The highest BCUT2D eigenvalue weighted by molar-refractivity contribution is 7.91. The van der Waals surface area contributed by atoms with Crippen LogP contribution in [0, 0.1) is 17.7 Å². The van der Waals surface area contributed by atoms with Crippen molar-refractivity contribution in [3.05, 3.63) is 29.6 Å². The van der Waals surface area contributed by atoms with Gasteiger partial charge in [-0.25, -0.2) is 12.8 Å². The van der Waals surface area contributed by atoms with Crippen LogP contribution in [0.5, 0.6) is 5.75 Å². The van der Waals surface area contributed by atoms with Crippen molar-refractivity contribution >= 4 is 9.84 Å². The van der Waals surface area contributed by atoms with Gasteiger partial charge in [0.1, 0.15) is 21.4 Å². The lowest BCUT2D eigenvalue weighted by molar-refractivity contribution is 0.315. The minimum absolute atomic E-state index is 0.0582. The maximum absolute atomic E-state index is 13.2. The molecule has 0 amide bonds. The molecule has 110 valence electrons. The molecule has 1 rings (SSSR count). The fourth-order valence-electron chi connectivity index (χ4n) is 1.47. The third-order valence-corrected chi connectivity index (χ3v) is 4.36. The van der Waals surface area contributed by atoms with E-state index in [1.807, 2.05) is 0 Å². The summed E-state index contributed by atoms with van der Waals surface area (Å²) in [5, 5.41) is 0. The summed E-state index contributed by atoms with van der Waals surface area (Å²) >= 11 is 0. The molecule has 1 aromatic rings. The number of halogens is 1. The molecule has 2 N–H and O–H groups in total. The van der Waals surface area contributed by atoms with Crippen LogP contribution >= 0.6 is 0 Å². The van der Waals surface area contributed by atoms with Gasteiger partial charge in [0, 0.05) is 11.8 Å². The molecule has 0 aliphatic heterocycles. The summed E-state index contributed by atoms with van der Waals surface area (Å²) < 4.78 is 41.2. The standard InChI is InChI=1S/C14H18FNO3S/c1-2-20(17,18)10-4-9-19-14-11-13(15)7-6-12(14)5-3-8-16/h6-7,11H,2,4,8-10,16H2,1H3. The molecule has 0 radical (unpaired) electrons. The molecule has 0 bridgehead atoms. The zero-order valence-electron chi connectivity index (χ0n) is 11.4. The minimum atomic E-state index is -3.00. The number of ether oxygens (including phenoxy) is 1. The van der Waals surface area contributed by atoms with Crippen molar-refractivity contribution in [2.45, 2.75) is 13.3 Å². The van der Waals surface area contributed by atoms with Crippen LogP contribution in [-0.4, -0.2) is 33.1 Å². The topological polar surface area (TPSA) is 69.4 Å². The van der Waals surface area contributed by atoms with E-state index in [4.69, 9.17) is 10.5 Å². The van der Waals surface area contributed by atoms with Crippen molar-refractivity contribution in [2.24, 2.45) is 5.73 Å². The predicted molar refractivity (Wildman–Crippen MR) is 76.8 cm³/mol. The van der Waals surface area contributed by atoms with Crippen molar-refractivity contribution < 1.29 is 17.5 Å². The first-order valence-corrected chi connectivity index (χ1v) is 8.12. The predicted octanol–water partition coefficient (Wildman–Crippen LogP) is 1.34. The third kappa shape index (κ3) is 5.59. The van der Waals surface area contributed by atoms with E-state index >= 15 is 0 Å². The van der Waals surface area contributed by atoms with E-state index in [0.717, 1.165) is 0 Å². The van der Waals surface area contributed by atoms with Gasteiger partial charge in [-0.05, 0) is 18.6 Å².